The van der Waals surface area contributed by atoms with Crippen molar-refractivity contribution in [2.45, 2.75) is 57.5 Å². The van der Waals surface area contributed by atoms with Gasteiger partial charge in [0.1, 0.15) is 11.9 Å². The van der Waals surface area contributed by atoms with Gasteiger partial charge in [-0.3, -0.25) is 0 Å². The van der Waals surface area contributed by atoms with E-state index in [2.05, 4.69) is 24.3 Å². The molecule has 2 atom stereocenters. The molecule has 2 nitrogen and oxygen atoms in total. The third kappa shape index (κ3) is 2.76. The summed E-state index contributed by atoms with van der Waals surface area (Å²) in [4.78, 5) is 0. The second-order valence-corrected chi connectivity index (χ2v) is 5.81. The number of rotatable bonds is 2. The zero-order chi connectivity index (χ0) is 13.1. The smallest absolute Gasteiger partial charge is 0.120 e. The van der Waals surface area contributed by atoms with Gasteiger partial charge in [0.2, 0.25) is 0 Å². The summed E-state index contributed by atoms with van der Waals surface area (Å²) in [6, 6.07) is 8.93. The monoisotopic (exact) mass is 255 g/mol. The van der Waals surface area contributed by atoms with Gasteiger partial charge in [0.05, 0.1) is 12.0 Å². The van der Waals surface area contributed by atoms with Crippen molar-refractivity contribution in [3.63, 3.8) is 0 Å². The van der Waals surface area contributed by atoms with Gasteiger partial charge in [0.15, 0.2) is 0 Å². The van der Waals surface area contributed by atoms with Gasteiger partial charge in [0, 0.05) is 0 Å². The van der Waals surface area contributed by atoms with Gasteiger partial charge in [-0.1, -0.05) is 18.9 Å². The number of nitriles is 1. The minimum atomic E-state index is 0.0655. The molecular weight excluding hydrogens is 234 g/mol. The van der Waals surface area contributed by atoms with Crippen molar-refractivity contribution < 1.29 is 4.74 Å². The van der Waals surface area contributed by atoms with Crippen molar-refractivity contribution in [3.8, 4) is 11.8 Å². The van der Waals surface area contributed by atoms with E-state index in [1.54, 1.807) is 0 Å². The SMILES string of the molecule is N#CC1CCCCCC1Oc1ccc2c(c1)CCC2. The van der Waals surface area contributed by atoms with Crippen LogP contribution in [0.15, 0.2) is 18.2 Å². The van der Waals surface area contributed by atoms with Crippen LogP contribution in [-0.4, -0.2) is 6.10 Å². The van der Waals surface area contributed by atoms with Crippen molar-refractivity contribution >= 4 is 0 Å². The lowest BCUT2D eigenvalue weighted by atomic mass is 9.99. The molecule has 2 heteroatoms. The molecule has 0 heterocycles. The van der Waals surface area contributed by atoms with Crippen molar-refractivity contribution in [1.29, 1.82) is 5.26 Å². The lowest BCUT2D eigenvalue weighted by Gasteiger charge is -2.21. The van der Waals surface area contributed by atoms with Gasteiger partial charge in [0.25, 0.3) is 0 Å². The second-order valence-electron chi connectivity index (χ2n) is 5.81. The van der Waals surface area contributed by atoms with Gasteiger partial charge in [-0.05, 0) is 61.8 Å². The number of ether oxygens (including phenoxy) is 1. The summed E-state index contributed by atoms with van der Waals surface area (Å²) in [6.07, 6.45) is 9.36. The van der Waals surface area contributed by atoms with Crippen LogP contribution in [-0.2, 0) is 12.8 Å². The maximum Gasteiger partial charge on any atom is 0.120 e. The van der Waals surface area contributed by atoms with Gasteiger partial charge in [-0.2, -0.15) is 5.26 Å². The summed E-state index contributed by atoms with van der Waals surface area (Å²) in [5, 5.41) is 9.29. The molecule has 0 saturated heterocycles. The standard InChI is InChI=1S/C17H21NO/c18-12-15-5-2-1-3-8-17(15)19-16-10-9-13-6-4-7-14(13)11-16/h9-11,15,17H,1-8H2. The lowest BCUT2D eigenvalue weighted by molar-refractivity contribution is 0.152. The van der Waals surface area contributed by atoms with E-state index in [1.807, 2.05) is 0 Å². The molecule has 19 heavy (non-hydrogen) atoms. The number of benzene rings is 1. The van der Waals surface area contributed by atoms with Gasteiger partial charge in [-0.15, -0.1) is 0 Å². The summed E-state index contributed by atoms with van der Waals surface area (Å²) in [7, 11) is 0. The number of fused-ring (bicyclic) bond motifs is 1. The van der Waals surface area contributed by atoms with Crippen LogP contribution < -0.4 is 4.74 Å². The fourth-order valence-electron chi connectivity index (χ4n) is 3.36. The van der Waals surface area contributed by atoms with Crippen LogP contribution in [0.1, 0.15) is 49.7 Å². The van der Waals surface area contributed by atoms with E-state index in [1.165, 1.54) is 49.7 Å². The minimum Gasteiger partial charge on any atom is -0.489 e. The predicted octanol–water partition coefficient (Wildman–Crippen LogP) is 4.03. The molecule has 2 aliphatic carbocycles. The molecule has 100 valence electrons. The van der Waals surface area contributed by atoms with Crippen molar-refractivity contribution in [1.82, 2.24) is 0 Å². The first-order valence-electron chi connectivity index (χ1n) is 7.55. The first-order chi connectivity index (χ1) is 9.36. The number of nitrogens with zero attached hydrogens (tertiary/aromatic N) is 1. The first-order valence-corrected chi connectivity index (χ1v) is 7.55. The van der Waals surface area contributed by atoms with E-state index in [9.17, 15) is 5.26 Å². The van der Waals surface area contributed by atoms with Gasteiger partial charge >= 0.3 is 0 Å². The fourth-order valence-corrected chi connectivity index (χ4v) is 3.36. The van der Waals surface area contributed by atoms with Crippen LogP contribution in [0.5, 0.6) is 5.75 Å². The molecule has 1 fully saturated rings. The van der Waals surface area contributed by atoms with Crippen LogP contribution in [0.3, 0.4) is 0 Å². The van der Waals surface area contributed by atoms with E-state index in [-0.39, 0.29) is 12.0 Å². The summed E-state index contributed by atoms with van der Waals surface area (Å²) < 4.78 is 6.14. The summed E-state index contributed by atoms with van der Waals surface area (Å²) in [5.74, 6) is 1.03. The Balaban J connectivity index is 1.74. The van der Waals surface area contributed by atoms with E-state index in [0.29, 0.717) is 0 Å². The van der Waals surface area contributed by atoms with E-state index < -0.39 is 0 Å². The first kappa shape index (κ1) is 12.5. The quantitative estimate of drug-likeness (QED) is 0.747. The molecule has 0 radical (unpaired) electrons. The Morgan fingerprint density at radius 1 is 1.00 bits per heavy atom. The Labute approximate surface area is 115 Å². The average molecular weight is 255 g/mol. The Hall–Kier alpha value is -1.49. The fraction of sp³-hybridized carbons (Fsp3) is 0.588. The highest BCUT2D eigenvalue weighted by atomic mass is 16.5. The van der Waals surface area contributed by atoms with Crippen molar-refractivity contribution in [2.24, 2.45) is 5.92 Å². The normalized spacial score (nSPS) is 26.3. The zero-order valence-electron chi connectivity index (χ0n) is 11.4. The van der Waals surface area contributed by atoms with E-state index in [4.69, 9.17) is 4.74 Å². The van der Waals surface area contributed by atoms with E-state index in [0.717, 1.165) is 18.6 Å². The third-order valence-electron chi connectivity index (χ3n) is 4.48. The number of hydrogen-bond acceptors (Lipinski definition) is 2. The highest BCUT2D eigenvalue weighted by Gasteiger charge is 2.25. The van der Waals surface area contributed by atoms with Crippen molar-refractivity contribution in [3.05, 3.63) is 29.3 Å². The maximum absolute atomic E-state index is 9.29. The molecule has 1 aromatic rings. The Bertz CT molecular complexity index is 489. The van der Waals surface area contributed by atoms with Gasteiger partial charge in [-0.25, -0.2) is 0 Å². The van der Waals surface area contributed by atoms with Crippen LogP contribution in [0.4, 0.5) is 0 Å². The van der Waals surface area contributed by atoms with Crippen LogP contribution in [0.25, 0.3) is 0 Å². The molecule has 3 rings (SSSR count). The van der Waals surface area contributed by atoms with Crippen LogP contribution in [0, 0.1) is 17.2 Å². The van der Waals surface area contributed by atoms with Gasteiger partial charge < -0.3 is 4.74 Å². The minimum absolute atomic E-state index is 0.0655. The molecule has 0 spiro atoms. The summed E-state index contributed by atoms with van der Waals surface area (Å²) in [5.41, 5.74) is 2.92. The molecular formula is C17H21NO. The maximum atomic E-state index is 9.29. The molecule has 0 aliphatic heterocycles. The molecule has 0 bridgehead atoms. The largest absolute Gasteiger partial charge is 0.489 e. The summed E-state index contributed by atoms with van der Waals surface area (Å²) >= 11 is 0. The van der Waals surface area contributed by atoms with Crippen LogP contribution >= 0.6 is 0 Å². The molecule has 1 aromatic carbocycles. The Kier molecular flexibility index (Phi) is 3.73. The number of aryl methyl sites for hydroxylation is 2. The third-order valence-corrected chi connectivity index (χ3v) is 4.48. The molecule has 2 unspecified atom stereocenters. The summed E-state index contributed by atoms with van der Waals surface area (Å²) in [6.45, 7) is 0. The molecule has 0 amide bonds. The second kappa shape index (κ2) is 5.65. The highest BCUT2D eigenvalue weighted by molar-refractivity contribution is 5.38. The molecule has 0 N–H and O–H groups in total. The van der Waals surface area contributed by atoms with E-state index >= 15 is 0 Å². The lowest BCUT2D eigenvalue weighted by Crippen LogP contribution is -2.24. The average Bonchev–Trinajstić information content (AvgIpc) is 2.78. The predicted molar refractivity (Wildman–Crippen MR) is 75.1 cm³/mol. The Morgan fingerprint density at radius 2 is 1.84 bits per heavy atom. The molecule has 1 saturated carbocycles. The molecule has 0 aromatic heterocycles. The van der Waals surface area contributed by atoms with Crippen molar-refractivity contribution in [2.75, 3.05) is 0 Å². The number of hydrogen-bond donors (Lipinski definition) is 0. The van der Waals surface area contributed by atoms with Crippen LogP contribution in [0.2, 0.25) is 0 Å². The molecule has 2 aliphatic rings. The zero-order valence-corrected chi connectivity index (χ0v) is 11.4. The Morgan fingerprint density at radius 3 is 2.74 bits per heavy atom. The topological polar surface area (TPSA) is 33.0 Å². The highest BCUT2D eigenvalue weighted by Crippen LogP contribution is 2.30.